The van der Waals surface area contributed by atoms with Gasteiger partial charge in [0.05, 0.1) is 36.0 Å². The number of aryl methyl sites for hydroxylation is 2. The summed E-state index contributed by atoms with van der Waals surface area (Å²) in [6, 6.07) is 2.04. The number of hydrogen-bond acceptors (Lipinski definition) is 5. The summed E-state index contributed by atoms with van der Waals surface area (Å²) in [5.74, 6) is 0. The van der Waals surface area contributed by atoms with E-state index in [-0.39, 0.29) is 18.2 Å². The number of aromatic nitrogens is 5. The van der Waals surface area contributed by atoms with Gasteiger partial charge in [-0.2, -0.15) is 10.2 Å². The molecule has 0 unspecified atom stereocenters. The van der Waals surface area contributed by atoms with Crippen molar-refractivity contribution < 1.29 is 5.11 Å². The van der Waals surface area contributed by atoms with Crippen LogP contribution in [-0.4, -0.2) is 41.8 Å². The fraction of sp³-hybridized carbons (Fsp3) is 0.400. The number of fused-ring (bicyclic) bond motifs is 1. The Kier molecular flexibility index (Phi) is 2.90. The van der Waals surface area contributed by atoms with Gasteiger partial charge in [-0.1, -0.05) is 0 Å². The molecule has 7 heteroatoms. The van der Waals surface area contributed by atoms with Crippen molar-refractivity contribution >= 4 is 16.7 Å². The lowest BCUT2D eigenvalue weighted by molar-refractivity contribution is 0.0134. The first-order chi connectivity index (χ1) is 10.6. The molecule has 3 aromatic heterocycles. The molecule has 3 atom stereocenters. The van der Waals surface area contributed by atoms with Gasteiger partial charge < -0.3 is 10.4 Å². The monoisotopic (exact) mass is 298 g/mol. The second-order valence-electron chi connectivity index (χ2n) is 5.91. The normalized spacial score (nSPS) is 24.4. The number of hydrogen-bond donors (Lipinski definition) is 2. The van der Waals surface area contributed by atoms with Crippen LogP contribution in [0.4, 0.5) is 5.69 Å². The molecule has 0 aliphatic heterocycles. The van der Waals surface area contributed by atoms with Crippen LogP contribution in [-0.2, 0) is 7.05 Å². The Balaban J connectivity index is 1.62. The van der Waals surface area contributed by atoms with Crippen molar-refractivity contribution in [3.05, 3.63) is 36.4 Å². The molecular weight excluding hydrogens is 280 g/mol. The molecule has 0 bridgehead atoms. The number of anilines is 1. The van der Waals surface area contributed by atoms with Gasteiger partial charge >= 0.3 is 0 Å². The summed E-state index contributed by atoms with van der Waals surface area (Å²) in [4.78, 5) is 4.34. The van der Waals surface area contributed by atoms with Gasteiger partial charge in [-0.25, -0.2) is 4.98 Å². The van der Waals surface area contributed by atoms with Gasteiger partial charge in [0.1, 0.15) is 0 Å². The fourth-order valence-electron chi connectivity index (χ4n) is 3.08. The van der Waals surface area contributed by atoms with E-state index in [1.54, 1.807) is 10.9 Å². The van der Waals surface area contributed by atoms with Gasteiger partial charge in [0.25, 0.3) is 0 Å². The van der Waals surface area contributed by atoms with Crippen LogP contribution in [0.1, 0.15) is 18.0 Å². The lowest BCUT2D eigenvalue weighted by Crippen LogP contribution is -2.51. The van der Waals surface area contributed by atoms with Crippen LogP contribution in [0.25, 0.3) is 11.0 Å². The Morgan fingerprint density at radius 2 is 2.18 bits per heavy atom. The van der Waals surface area contributed by atoms with Crippen molar-refractivity contribution in [2.75, 3.05) is 5.32 Å². The molecule has 2 N–H and O–H groups in total. The van der Waals surface area contributed by atoms with E-state index < -0.39 is 0 Å². The maximum atomic E-state index is 10.1. The Morgan fingerprint density at radius 3 is 2.91 bits per heavy atom. The number of pyridine rings is 1. The Bertz CT molecular complexity index is 822. The van der Waals surface area contributed by atoms with Crippen LogP contribution < -0.4 is 5.32 Å². The van der Waals surface area contributed by atoms with Gasteiger partial charge in [-0.3, -0.25) is 9.36 Å². The molecule has 0 saturated heterocycles. The van der Waals surface area contributed by atoms with Gasteiger partial charge in [0, 0.05) is 25.1 Å². The van der Waals surface area contributed by atoms with Crippen LogP contribution in [0.2, 0.25) is 0 Å². The molecular formula is C15H18N6O. The van der Waals surface area contributed by atoms with Gasteiger partial charge in [-0.15, -0.1) is 0 Å². The summed E-state index contributed by atoms with van der Waals surface area (Å²) >= 11 is 0. The minimum absolute atomic E-state index is 0.0476. The van der Waals surface area contributed by atoms with Crippen molar-refractivity contribution in [3.8, 4) is 0 Å². The molecule has 4 rings (SSSR count). The number of aliphatic hydroxyl groups is 1. The van der Waals surface area contributed by atoms with E-state index in [2.05, 4.69) is 20.5 Å². The predicted molar refractivity (Wildman–Crippen MR) is 82.5 cm³/mol. The molecule has 0 amide bonds. The van der Waals surface area contributed by atoms with Gasteiger partial charge in [-0.05, 0) is 25.0 Å². The highest BCUT2D eigenvalue weighted by atomic mass is 16.3. The molecule has 7 nitrogen and oxygen atoms in total. The van der Waals surface area contributed by atoms with Crippen molar-refractivity contribution in [2.24, 2.45) is 7.05 Å². The van der Waals surface area contributed by atoms with Crippen molar-refractivity contribution in [1.29, 1.82) is 0 Å². The highest BCUT2D eigenvalue weighted by Crippen LogP contribution is 2.36. The Morgan fingerprint density at radius 1 is 1.32 bits per heavy atom. The zero-order chi connectivity index (χ0) is 15.3. The molecule has 3 heterocycles. The quantitative estimate of drug-likeness (QED) is 0.761. The highest BCUT2D eigenvalue weighted by Gasteiger charge is 2.42. The largest absolute Gasteiger partial charge is 0.391 e. The third-order valence-corrected chi connectivity index (χ3v) is 4.31. The van der Waals surface area contributed by atoms with E-state index in [9.17, 15) is 5.11 Å². The summed E-state index contributed by atoms with van der Waals surface area (Å²) in [6.07, 6.45) is 7.69. The average Bonchev–Trinajstić information content (AvgIpc) is 3.06. The molecule has 0 radical (unpaired) electrons. The molecule has 1 saturated carbocycles. The number of rotatable bonds is 3. The van der Waals surface area contributed by atoms with Crippen LogP contribution in [0.5, 0.6) is 0 Å². The number of nitrogens with one attached hydrogen (secondary N) is 1. The minimum Gasteiger partial charge on any atom is -0.391 e. The zero-order valence-electron chi connectivity index (χ0n) is 12.5. The zero-order valence-corrected chi connectivity index (χ0v) is 12.5. The minimum atomic E-state index is -0.372. The van der Waals surface area contributed by atoms with Crippen LogP contribution in [0, 0.1) is 6.92 Å². The average molecular weight is 298 g/mol. The van der Waals surface area contributed by atoms with Crippen LogP contribution in [0.3, 0.4) is 0 Å². The van der Waals surface area contributed by atoms with E-state index in [1.165, 1.54) is 0 Å². The van der Waals surface area contributed by atoms with E-state index in [1.807, 2.05) is 43.3 Å². The Hall–Kier alpha value is -2.41. The van der Waals surface area contributed by atoms with Crippen molar-refractivity contribution in [3.63, 3.8) is 0 Å². The van der Waals surface area contributed by atoms with Crippen LogP contribution in [0.15, 0.2) is 30.9 Å². The third-order valence-electron chi connectivity index (χ3n) is 4.31. The smallest absolute Gasteiger partial charge is 0.159 e. The first-order valence-corrected chi connectivity index (χ1v) is 7.35. The topological polar surface area (TPSA) is 80.8 Å². The van der Waals surface area contributed by atoms with E-state index in [0.717, 1.165) is 22.3 Å². The molecule has 3 aromatic rings. The lowest BCUT2D eigenvalue weighted by atomic mass is 9.83. The standard InChI is InChI=1S/C15H18N6O/c1-9-6-18-21(8-9)14-12(5-13(14)22)19-11-3-4-16-15-10(11)7-17-20(15)2/h3-4,6-8,12-14,22H,5H2,1-2H3,(H,16,19)/t12-,13+,14+/m0/s1. The van der Waals surface area contributed by atoms with E-state index in [0.29, 0.717) is 6.42 Å². The second kappa shape index (κ2) is 4.81. The highest BCUT2D eigenvalue weighted by molar-refractivity contribution is 5.88. The third kappa shape index (κ3) is 1.97. The predicted octanol–water partition coefficient (Wildman–Crippen LogP) is 1.26. The Labute approximate surface area is 127 Å². The first-order valence-electron chi connectivity index (χ1n) is 7.35. The van der Waals surface area contributed by atoms with Crippen LogP contribution >= 0.6 is 0 Å². The number of nitrogens with zero attached hydrogens (tertiary/aromatic N) is 5. The van der Waals surface area contributed by atoms with E-state index >= 15 is 0 Å². The first kappa shape index (κ1) is 13.3. The fourth-order valence-corrected chi connectivity index (χ4v) is 3.08. The summed E-state index contributed by atoms with van der Waals surface area (Å²) in [6.45, 7) is 2.00. The second-order valence-corrected chi connectivity index (χ2v) is 5.91. The maximum Gasteiger partial charge on any atom is 0.159 e. The summed E-state index contributed by atoms with van der Waals surface area (Å²) in [5, 5.41) is 23.2. The summed E-state index contributed by atoms with van der Waals surface area (Å²) < 4.78 is 3.60. The SMILES string of the molecule is Cc1cnn([C@H]2[C@H](O)C[C@@H]2Nc2ccnc3c2cnn3C)c1. The van der Waals surface area contributed by atoms with Crippen molar-refractivity contribution in [1.82, 2.24) is 24.5 Å². The molecule has 1 fully saturated rings. The van der Waals surface area contributed by atoms with Gasteiger partial charge in [0.15, 0.2) is 5.65 Å². The lowest BCUT2D eigenvalue weighted by Gasteiger charge is -2.42. The molecule has 1 aliphatic carbocycles. The summed E-state index contributed by atoms with van der Waals surface area (Å²) in [7, 11) is 1.88. The van der Waals surface area contributed by atoms with Gasteiger partial charge in [0.2, 0.25) is 0 Å². The summed E-state index contributed by atoms with van der Waals surface area (Å²) in [5.41, 5.74) is 2.93. The molecule has 0 aromatic carbocycles. The molecule has 0 spiro atoms. The molecule has 22 heavy (non-hydrogen) atoms. The maximum absolute atomic E-state index is 10.1. The molecule has 114 valence electrons. The van der Waals surface area contributed by atoms with E-state index in [4.69, 9.17) is 0 Å². The number of aliphatic hydroxyl groups excluding tert-OH is 1. The molecule has 1 aliphatic rings. The van der Waals surface area contributed by atoms with Crippen molar-refractivity contribution in [2.45, 2.75) is 31.5 Å².